The predicted octanol–water partition coefficient (Wildman–Crippen LogP) is 3.12. The number of piperidine rings is 1. The summed E-state index contributed by atoms with van der Waals surface area (Å²) in [5.41, 5.74) is 1.75. The highest BCUT2D eigenvalue weighted by atomic mass is 16.6. The summed E-state index contributed by atoms with van der Waals surface area (Å²) in [6, 6.07) is 10.6. The SMILES string of the molecule is O=C1CCCCN1c1cccc(CNc2ncccc2[N+](=O)[O-])c1. The van der Waals surface area contributed by atoms with Gasteiger partial charge in [-0.05, 0) is 36.6 Å². The second-order valence-electron chi connectivity index (χ2n) is 5.65. The highest BCUT2D eigenvalue weighted by molar-refractivity contribution is 5.94. The molecular weight excluding hydrogens is 308 g/mol. The van der Waals surface area contributed by atoms with Gasteiger partial charge >= 0.3 is 5.69 Å². The Morgan fingerprint density at radius 2 is 2.12 bits per heavy atom. The molecule has 1 saturated heterocycles. The Labute approximate surface area is 139 Å². The van der Waals surface area contributed by atoms with Gasteiger partial charge in [0.05, 0.1) is 4.92 Å². The zero-order valence-corrected chi connectivity index (χ0v) is 13.1. The highest BCUT2D eigenvalue weighted by Crippen LogP contribution is 2.24. The summed E-state index contributed by atoms with van der Waals surface area (Å²) >= 11 is 0. The van der Waals surface area contributed by atoms with Gasteiger partial charge in [-0.15, -0.1) is 0 Å². The van der Waals surface area contributed by atoms with Gasteiger partial charge in [-0.2, -0.15) is 0 Å². The molecule has 1 aliphatic rings. The molecule has 1 N–H and O–H groups in total. The van der Waals surface area contributed by atoms with E-state index in [4.69, 9.17) is 0 Å². The first kappa shape index (κ1) is 15.9. The average molecular weight is 326 g/mol. The Bertz CT molecular complexity index is 763. The third-order valence-corrected chi connectivity index (χ3v) is 3.99. The molecule has 1 aromatic heterocycles. The van der Waals surface area contributed by atoms with Crippen LogP contribution in [0, 0.1) is 10.1 Å². The van der Waals surface area contributed by atoms with Crippen molar-refractivity contribution in [2.45, 2.75) is 25.8 Å². The Morgan fingerprint density at radius 3 is 2.92 bits per heavy atom. The molecule has 0 bridgehead atoms. The van der Waals surface area contributed by atoms with Gasteiger partial charge in [0.2, 0.25) is 11.7 Å². The topological polar surface area (TPSA) is 88.4 Å². The molecule has 7 nitrogen and oxygen atoms in total. The van der Waals surface area contributed by atoms with E-state index in [1.165, 1.54) is 18.3 Å². The lowest BCUT2D eigenvalue weighted by molar-refractivity contribution is -0.384. The average Bonchev–Trinajstić information content (AvgIpc) is 2.61. The molecule has 24 heavy (non-hydrogen) atoms. The molecule has 0 saturated carbocycles. The van der Waals surface area contributed by atoms with Crippen molar-refractivity contribution >= 4 is 23.1 Å². The smallest absolute Gasteiger partial charge is 0.311 e. The fraction of sp³-hybridized carbons (Fsp3) is 0.294. The molecule has 2 aromatic rings. The minimum atomic E-state index is -0.460. The molecule has 2 heterocycles. The monoisotopic (exact) mass is 326 g/mol. The third-order valence-electron chi connectivity index (χ3n) is 3.99. The molecule has 124 valence electrons. The standard InChI is InChI=1S/C17H18N4O3/c22-16-8-1-2-10-20(16)14-6-3-5-13(11-14)12-19-17-15(21(23)24)7-4-9-18-17/h3-7,9,11H,1-2,8,10,12H2,(H,18,19). The van der Waals surface area contributed by atoms with Crippen LogP contribution in [-0.2, 0) is 11.3 Å². The van der Waals surface area contributed by atoms with Crippen molar-refractivity contribution in [3.05, 3.63) is 58.3 Å². The van der Waals surface area contributed by atoms with Gasteiger partial charge in [0, 0.05) is 37.5 Å². The predicted molar refractivity (Wildman–Crippen MR) is 90.9 cm³/mol. The van der Waals surface area contributed by atoms with Crippen LogP contribution in [-0.4, -0.2) is 22.4 Å². The number of hydrogen-bond acceptors (Lipinski definition) is 5. The van der Waals surface area contributed by atoms with Gasteiger partial charge in [0.25, 0.3) is 0 Å². The minimum absolute atomic E-state index is 0.0557. The van der Waals surface area contributed by atoms with E-state index in [2.05, 4.69) is 10.3 Å². The van der Waals surface area contributed by atoms with Crippen LogP contribution in [0.3, 0.4) is 0 Å². The van der Waals surface area contributed by atoms with Crippen molar-refractivity contribution in [3.63, 3.8) is 0 Å². The first-order valence-corrected chi connectivity index (χ1v) is 7.88. The number of anilines is 2. The van der Waals surface area contributed by atoms with Crippen LogP contribution in [0.25, 0.3) is 0 Å². The number of aromatic nitrogens is 1. The molecule has 3 rings (SSSR count). The summed E-state index contributed by atoms with van der Waals surface area (Å²) in [5, 5.41) is 14.0. The van der Waals surface area contributed by atoms with Crippen LogP contribution >= 0.6 is 0 Å². The first-order chi connectivity index (χ1) is 11.6. The summed E-state index contributed by atoms with van der Waals surface area (Å²) in [6.45, 7) is 1.13. The second-order valence-corrected chi connectivity index (χ2v) is 5.65. The van der Waals surface area contributed by atoms with E-state index in [0.717, 1.165) is 30.6 Å². The molecule has 0 unspecified atom stereocenters. The summed E-state index contributed by atoms with van der Waals surface area (Å²) in [6.07, 6.45) is 4.05. The molecule has 7 heteroatoms. The van der Waals surface area contributed by atoms with Crippen molar-refractivity contribution in [2.24, 2.45) is 0 Å². The molecule has 0 spiro atoms. The molecule has 0 atom stereocenters. The molecule has 0 aliphatic carbocycles. The van der Waals surface area contributed by atoms with Crippen LogP contribution in [0.4, 0.5) is 17.2 Å². The van der Waals surface area contributed by atoms with Crippen molar-refractivity contribution in [3.8, 4) is 0 Å². The maximum Gasteiger partial charge on any atom is 0.311 e. The zero-order chi connectivity index (χ0) is 16.9. The van der Waals surface area contributed by atoms with Crippen molar-refractivity contribution in [1.29, 1.82) is 0 Å². The number of nitro groups is 1. The quantitative estimate of drug-likeness (QED) is 0.673. The Kier molecular flexibility index (Phi) is 4.69. The van der Waals surface area contributed by atoms with E-state index in [-0.39, 0.29) is 17.4 Å². The molecule has 1 aliphatic heterocycles. The van der Waals surface area contributed by atoms with Gasteiger partial charge < -0.3 is 10.2 Å². The van der Waals surface area contributed by atoms with E-state index in [1.54, 1.807) is 4.90 Å². The summed E-state index contributed by atoms with van der Waals surface area (Å²) in [7, 11) is 0. The fourth-order valence-corrected chi connectivity index (χ4v) is 2.78. The van der Waals surface area contributed by atoms with E-state index < -0.39 is 4.92 Å². The maximum atomic E-state index is 12.0. The fourth-order valence-electron chi connectivity index (χ4n) is 2.78. The van der Waals surface area contributed by atoms with Gasteiger partial charge in [0.1, 0.15) is 0 Å². The minimum Gasteiger partial charge on any atom is -0.360 e. The number of carbonyl (C=O) groups is 1. The summed E-state index contributed by atoms with van der Waals surface area (Å²) in [4.78, 5) is 28.4. The number of amides is 1. The van der Waals surface area contributed by atoms with E-state index in [1.807, 2.05) is 24.3 Å². The number of pyridine rings is 1. The lowest BCUT2D eigenvalue weighted by Crippen LogP contribution is -2.35. The zero-order valence-electron chi connectivity index (χ0n) is 13.1. The number of rotatable bonds is 5. The Hall–Kier alpha value is -2.96. The molecule has 1 fully saturated rings. The normalized spacial score (nSPS) is 14.5. The molecule has 1 amide bonds. The lowest BCUT2D eigenvalue weighted by atomic mass is 10.1. The Balaban J connectivity index is 1.74. The van der Waals surface area contributed by atoms with Gasteiger partial charge in [0.15, 0.2) is 0 Å². The number of nitrogens with one attached hydrogen (secondary N) is 1. The number of hydrogen-bond donors (Lipinski definition) is 1. The van der Waals surface area contributed by atoms with Gasteiger partial charge in [-0.25, -0.2) is 4.98 Å². The first-order valence-electron chi connectivity index (χ1n) is 7.88. The summed E-state index contributed by atoms with van der Waals surface area (Å²) in [5.74, 6) is 0.383. The number of carbonyl (C=O) groups excluding carboxylic acids is 1. The lowest BCUT2D eigenvalue weighted by Gasteiger charge is -2.27. The van der Waals surface area contributed by atoms with Gasteiger partial charge in [-0.1, -0.05) is 12.1 Å². The summed E-state index contributed by atoms with van der Waals surface area (Å²) < 4.78 is 0. The van der Waals surface area contributed by atoms with Crippen LogP contribution in [0.5, 0.6) is 0 Å². The molecule has 0 radical (unpaired) electrons. The number of benzene rings is 1. The Morgan fingerprint density at radius 1 is 1.25 bits per heavy atom. The van der Waals surface area contributed by atoms with Crippen molar-refractivity contribution in [2.75, 3.05) is 16.8 Å². The number of nitrogens with zero attached hydrogens (tertiary/aromatic N) is 3. The van der Waals surface area contributed by atoms with Crippen molar-refractivity contribution in [1.82, 2.24) is 4.98 Å². The highest BCUT2D eigenvalue weighted by Gasteiger charge is 2.19. The van der Waals surface area contributed by atoms with E-state index in [0.29, 0.717) is 13.0 Å². The largest absolute Gasteiger partial charge is 0.360 e. The van der Waals surface area contributed by atoms with Crippen LogP contribution < -0.4 is 10.2 Å². The second kappa shape index (κ2) is 7.08. The molecular formula is C17H18N4O3. The van der Waals surface area contributed by atoms with Crippen LogP contribution in [0.1, 0.15) is 24.8 Å². The third kappa shape index (κ3) is 3.51. The van der Waals surface area contributed by atoms with Crippen LogP contribution in [0.15, 0.2) is 42.6 Å². The molecule has 1 aromatic carbocycles. The van der Waals surface area contributed by atoms with Crippen molar-refractivity contribution < 1.29 is 9.72 Å². The van der Waals surface area contributed by atoms with E-state index >= 15 is 0 Å². The maximum absolute atomic E-state index is 12.0. The van der Waals surface area contributed by atoms with E-state index in [9.17, 15) is 14.9 Å². The van der Waals surface area contributed by atoms with Crippen LogP contribution in [0.2, 0.25) is 0 Å². The van der Waals surface area contributed by atoms with Gasteiger partial charge in [-0.3, -0.25) is 14.9 Å².